The molecule has 1 unspecified atom stereocenters. The summed E-state index contributed by atoms with van der Waals surface area (Å²) in [5, 5.41) is 4.71. The highest BCUT2D eigenvalue weighted by Crippen LogP contribution is 2.32. The SMILES string of the molecule is CC1CC(NC2=NC(c3ccccc3)CS2)C1. The lowest BCUT2D eigenvalue weighted by Gasteiger charge is -2.33. The predicted octanol–water partition coefficient (Wildman–Crippen LogP) is 3.22. The number of hydrogen-bond donors (Lipinski definition) is 1. The van der Waals surface area contributed by atoms with Crippen molar-refractivity contribution in [2.75, 3.05) is 5.75 Å². The fourth-order valence-corrected chi connectivity index (χ4v) is 3.53. The maximum atomic E-state index is 4.77. The Hall–Kier alpha value is -0.960. The molecule has 1 atom stereocenters. The van der Waals surface area contributed by atoms with Crippen LogP contribution in [0.4, 0.5) is 0 Å². The van der Waals surface area contributed by atoms with Gasteiger partial charge in [0.25, 0.3) is 0 Å². The van der Waals surface area contributed by atoms with Crippen molar-refractivity contribution in [3.05, 3.63) is 35.9 Å². The van der Waals surface area contributed by atoms with Crippen molar-refractivity contribution >= 4 is 16.9 Å². The summed E-state index contributed by atoms with van der Waals surface area (Å²) in [6, 6.07) is 11.6. The van der Waals surface area contributed by atoms with E-state index in [0.29, 0.717) is 12.1 Å². The van der Waals surface area contributed by atoms with Crippen molar-refractivity contribution in [3.63, 3.8) is 0 Å². The molecule has 1 aliphatic heterocycles. The summed E-state index contributed by atoms with van der Waals surface area (Å²) in [5.41, 5.74) is 1.33. The molecule has 17 heavy (non-hydrogen) atoms. The molecule has 1 heterocycles. The Balaban J connectivity index is 1.61. The third-order valence-corrected chi connectivity index (χ3v) is 4.52. The second-order valence-electron chi connectivity index (χ2n) is 5.09. The molecule has 0 spiro atoms. The second-order valence-corrected chi connectivity index (χ2v) is 6.10. The highest BCUT2D eigenvalue weighted by Gasteiger charge is 2.28. The molecule has 2 nitrogen and oxygen atoms in total. The number of benzene rings is 1. The van der Waals surface area contributed by atoms with E-state index in [9.17, 15) is 0 Å². The molecular formula is C14H18N2S. The minimum absolute atomic E-state index is 0.348. The lowest BCUT2D eigenvalue weighted by molar-refractivity contribution is 0.269. The van der Waals surface area contributed by atoms with Gasteiger partial charge in [0, 0.05) is 11.8 Å². The molecule has 3 rings (SSSR count). The van der Waals surface area contributed by atoms with E-state index in [2.05, 4.69) is 42.6 Å². The van der Waals surface area contributed by atoms with Crippen LogP contribution in [0.3, 0.4) is 0 Å². The predicted molar refractivity (Wildman–Crippen MR) is 74.4 cm³/mol. The highest BCUT2D eigenvalue weighted by molar-refractivity contribution is 8.14. The van der Waals surface area contributed by atoms with Crippen LogP contribution in [0.5, 0.6) is 0 Å². The van der Waals surface area contributed by atoms with Gasteiger partial charge in [0.2, 0.25) is 0 Å². The van der Waals surface area contributed by atoms with E-state index in [1.165, 1.54) is 18.4 Å². The Labute approximate surface area is 107 Å². The molecule has 0 amide bonds. The van der Waals surface area contributed by atoms with Crippen molar-refractivity contribution in [2.45, 2.75) is 31.8 Å². The first kappa shape index (κ1) is 11.1. The van der Waals surface area contributed by atoms with Crippen LogP contribution >= 0.6 is 11.8 Å². The van der Waals surface area contributed by atoms with Gasteiger partial charge in [0.1, 0.15) is 0 Å². The smallest absolute Gasteiger partial charge is 0.157 e. The topological polar surface area (TPSA) is 24.4 Å². The van der Waals surface area contributed by atoms with Gasteiger partial charge in [-0.1, -0.05) is 49.0 Å². The fraction of sp³-hybridized carbons (Fsp3) is 0.500. The van der Waals surface area contributed by atoms with Crippen LogP contribution in [0.25, 0.3) is 0 Å². The Bertz CT molecular complexity index is 409. The Morgan fingerprint density at radius 2 is 2.00 bits per heavy atom. The molecule has 1 aliphatic carbocycles. The summed E-state index contributed by atoms with van der Waals surface area (Å²) in [6.45, 7) is 2.31. The third kappa shape index (κ3) is 2.49. The molecule has 0 bridgehead atoms. The Morgan fingerprint density at radius 3 is 2.71 bits per heavy atom. The van der Waals surface area contributed by atoms with Gasteiger partial charge in [-0.2, -0.15) is 0 Å². The van der Waals surface area contributed by atoms with Gasteiger partial charge >= 0.3 is 0 Å². The summed E-state index contributed by atoms with van der Waals surface area (Å²) in [6.07, 6.45) is 2.60. The van der Waals surface area contributed by atoms with E-state index in [1.807, 2.05) is 11.8 Å². The van der Waals surface area contributed by atoms with E-state index in [1.54, 1.807) is 0 Å². The van der Waals surface area contributed by atoms with Crippen molar-refractivity contribution in [1.29, 1.82) is 0 Å². The van der Waals surface area contributed by atoms with Gasteiger partial charge in [-0.15, -0.1) is 0 Å². The number of aliphatic imine (C=N–C) groups is 1. The monoisotopic (exact) mass is 246 g/mol. The third-order valence-electron chi connectivity index (χ3n) is 3.54. The lowest BCUT2D eigenvalue weighted by atomic mass is 9.82. The first-order valence-corrected chi connectivity index (χ1v) is 7.32. The van der Waals surface area contributed by atoms with Gasteiger partial charge < -0.3 is 5.32 Å². The molecule has 1 N–H and O–H groups in total. The van der Waals surface area contributed by atoms with Crippen molar-refractivity contribution in [1.82, 2.24) is 5.32 Å². The van der Waals surface area contributed by atoms with E-state index in [0.717, 1.165) is 16.8 Å². The number of hydrogen-bond acceptors (Lipinski definition) is 3. The second kappa shape index (κ2) is 4.73. The van der Waals surface area contributed by atoms with Crippen molar-refractivity contribution < 1.29 is 0 Å². The van der Waals surface area contributed by atoms with Crippen LogP contribution in [0.1, 0.15) is 31.4 Å². The summed E-state index contributed by atoms with van der Waals surface area (Å²) in [5.74, 6) is 1.97. The first-order valence-electron chi connectivity index (χ1n) is 6.33. The zero-order valence-electron chi connectivity index (χ0n) is 10.1. The molecule has 1 fully saturated rings. The van der Waals surface area contributed by atoms with E-state index >= 15 is 0 Å². The lowest BCUT2D eigenvalue weighted by Crippen LogP contribution is -2.42. The number of rotatable bonds is 2. The molecule has 90 valence electrons. The van der Waals surface area contributed by atoms with Crippen LogP contribution in [0, 0.1) is 5.92 Å². The van der Waals surface area contributed by atoms with Gasteiger partial charge in [0.05, 0.1) is 6.04 Å². The van der Waals surface area contributed by atoms with E-state index < -0.39 is 0 Å². The fourth-order valence-electron chi connectivity index (χ4n) is 2.49. The van der Waals surface area contributed by atoms with Crippen LogP contribution in [-0.2, 0) is 0 Å². The maximum absolute atomic E-state index is 4.77. The highest BCUT2D eigenvalue weighted by atomic mass is 32.2. The maximum Gasteiger partial charge on any atom is 0.157 e. The largest absolute Gasteiger partial charge is 0.362 e. The number of nitrogens with one attached hydrogen (secondary N) is 1. The summed E-state index contributed by atoms with van der Waals surface area (Å²) in [4.78, 5) is 4.77. The molecule has 0 saturated heterocycles. The van der Waals surface area contributed by atoms with Gasteiger partial charge in [-0.05, 0) is 24.3 Å². The average Bonchev–Trinajstić information content (AvgIpc) is 2.77. The molecule has 3 heteroatoms. The number of amidine groups is 1. The number of nitrogens with zero attached hydrogens (tertiary/aromatic N) is 1. The minimum Gasteiger partial charge on any atom is -0.362 e. The minimum atomic E-state index is 0.348. The van der Waals surface area contributed by atoms with Crippen LogP contribution in [0.2, 0.25) is 0 Å². The standard InChI is InChI=1S/C14H18N2S/c1-10-7-12(8-10)15-14-16-13(9-17-14)11-5-3-2-4-6-11/h2-6,10,12-13H,7-9H2,1H3,(H,15,16). The zero-order valence-corrected chi connectivity index (χ0v) is 10.9. The summed E-state index contributed by atoms with van der Waals surface area (Å²) < 4.78 is 0. The Kier molecular flexibility index (Phi) is 3.10. The van der Waals surface area contributed by atoms with E-state index in [-0.39, 0.29) is 0 Å². The molecular weight excluding hydrogens is 228 g/mol. The molecule has 1 aromatic rings. The molecule has 1 aromatic carbocycles. The summed E-state index contributed by atoms with van der Waals surface area (Å²) >= 11 is 1.86. The van der Waals surface area contributed by atoms with Gasteiger partial charge in [0.15, 0.2) is 5.17 Å². The molecule has 1 saturated carbocycles. The Morgan fingerprint density at radius 1 is 1.24 bits per heavy atom. The van der Waals surface area contributed by atoms with Crippen molar-refractivity contribution in [3.8, 4) is 0 Å². The molecule has 0 aromatic heterocycles. The van der Waals surface area contributed by atoms with Crippen LogP contribution in [0.15, 0.2) is 35.3 Å². The van der Waals surface area contributed by atoms with Gasteiger partial charge in [-0.25, -0.2) is 0 Å². The zero-order chi connectivity index (χ0) is 11.7. The summed E-state index contributed by atoms with van der Waals surface area (Å²) in [7, 11) is 0. The quantitative estimate of drug-likeness (QED) is 0.866. The number of thioether (sulfide) groups is 1. The average molecular weight is 246 g/mol. The first-order chi connectivity index (χ1) is 8.31. The van der Waals surface area contributed by atoms with Gasteiger partial charge in [-0.3, -0.25) is 4.99 Å². The molecule has 2 aliphatic rings. The van der Waals surface area contributed by atoms with E-state index in [4.69, 9.17) is 4.99 Å². The van der Waals surface area contributed by atoms with Crippen LogP contribution < -0.4 is 5.32 Å². The normalized spacial score (nSPS) is 31.8. The van der Waals surface area contributed by atoms with Crippen molar-refractivity contribution in [2.24, 2.45) is 10.9 Å². The molecule has 0 radical (unpaired) electrons. The van der Waals surface area contributed by atoms with Crippen LogP contribution in [-0.4, -0.2) is 17.0 Å².